The normalized spacial score (nSPS) is 27.8. The molecule has 1 amide bonds. The summed E-state index contributed by atoms with van der Waals surface area (Å²) >= 11 is 1.74. The van der Waals surface area contributed by atoms with E-state index < -0.39 is 0 Å². The molecule has 2 unspecified atom stereocenters. The molecule has 2 bridgehead atoms. The topological polar surface area (TPSA) is 54.0 Å². The molecule has 2 fully saturated rings. The van der Waals surface area contributed by atoms with Crippen LogP contribution in [0.15, 0.2) is 0 Å². The van der Waals surface area contributed by atoms with Crippen molar-refractivity contribution in [2.75, 3.05) is 6.54 Å². The number of fused-ring (bicyclic) bond motifs is 2. The van der Waals surface area contributed by atoms with Gasteiger partial charge in [-0.1, -0.05) is 0 Å². The lowest BCUT2D eigenvalue weighted by atomic mass is 9.89. The second-order valence-corrected chi connectivity index (χ2v) is 7.82. The predicted molar refractivity (Wildman–Crippen MR) is 85.6 cm³/mol. The highest BCUT2D eigenvalue weighted by molar-refractivity contribution is 7.11. The zero-order valence-electron chi connectivity index (χ0n) is 12.9. The average Bonchev–Trinajstić information content (AvgIpc) is 2.92. The van der Waals surface area contributed by atoms with E-state index in [0.717, 1.165) is 17.1 Å². The fraction of sp³-hybridized carbons (Fsp3) is 0.750. The molecule has 4 nitrogen and oxygen atoms in total. The molecule has 3 heterocycles. The number of hydrogen-bond donors (Lipinski definition) is 2. The number of carbonyl (C=O) groups excluding carboxylic acids is 1. The smallest absolute Gasteiger partial charge is 0.220 e. The Labute approximate surface area is 130 Å². The Bertz CT molecular complexity index is 482. The van der Waals surface area contributed by atoms with E-state index in [2.05, 4.69) is 22.5 Å². The fourth-order valence-electron chi connectivity index (χ4n) is 3.63. The van der Waals surface area contributed by atoms with Gasteiger partial charge in [0.15, 0.2) is 0 Å². The largest absolute Gasteiger partial charge is 0.356 e. The predicted octanol–water partition coefficient (Wildman–Crippen LogP) is 2.34. The molecule has 0 saturated carbocycles. The van der Waals surface area contributed by atoms with E-state index in [1.54, 1.807) is 11.3 Å². The zero-order chi connectivity index (χ0) is 14.8. The van der Waals surface area contributed by atoms with Crippen LogP contribution in [-0.2, 0) is 11.2 Å². The molecule has 2 saturated heterocycles. The van der Waals surface area contributed by atoms with Crippen molar-refractivity contribution in [2.45, 2.75) is 64.5 Å². The lowest BCUT2D eigenvalue weighted by Crippen LogP contribution is -2.39. The minimum absolute atomic E-state index is 0.214. The Kier molecular flexibility index (Phi) is 4.60. The number of aryl methyl sites for hydroxylation is 2. The Hall–Kier alpha value is -0.940. The number of hydrogen-bond acceptors (Lipinski definition) is 4. The van der Waals surface area contributed by atoms with E-state index in [0.29, 0.717) is 31.0 Å². The summed E-state index contributed by atoms with van der Waals surface area (Å²) in [5, 5.41) is 7.82. The van der Waals surface area contributed by atoms with Gasteiger partial charge in [0.2, 0.25) is 5.91 Å². The maximum Gasteiger partial charge on any atom is 0.220 e. The summed E-state index contributed by atoms with van der Waals surface area (Å²) in [5.74, 6) is 0.791. The summed E-state index contributed by atoms with van der Waals surface area (Å²) in [4.78, 5) is 17.8. The molecule has 1 aromatic rings. The van der Waals surface area contributed by atoms with Gasteiger partial charge in [-0.25, -0.2) is 4.98 Å². The van der Waals surface area contributed by atoms with Crippen LogP contribution in [0.5, 0.6) is 0 Å². The van der Waals surface area contributed by atoms with Gasteiger partial charge in [0.1, 0.15) is 0 Å². The number of nitrogens with zero attached hydrogens (tertiary/aromatic N) is 1. The quantitative estimate of drug-likeness (QED) is 0.878. The van der Waals surface area contributed by atoms with Crippen molar-refractivity contribution in [3.63, 3.8) is 0 Å². The SMILES string of the molecule is Cc1nc(CCNC(=O)CC2CC3CCC(C2)N3)sc1C. The van der Waals surface area contributed by atoms with Crippen LogP contribution in [0.1, 0.15) is 47.7 Å². The van der Waals surface area contributed by atoms with Crippen molar-refractivity contribution in [3.05, 3.63) is 15.6 Å². The van der Waals surface area contributed by atoms with E-state index in [-0.39, 0.29) is 5.91 Å². The molecule has 116 valence electrons. The van der Waals surface area contributed by atoms with Gasteiger partial charge in [0, 0.05) is 36.3 Å². The highest BCUT2D eigenvalue weighted by Crippen LogP contribution is 2.32. The number of rotatable bonds is 5. The summed E-state index contributed by atoms with van der Waals surface area (Å²) in [7, 11) is 0. The third kappa shape index (κ3) is 3.83. The number of aromatic nitrogens is 1. The fourth-order valence-corrected chi connectivity index (χ4v) is 4.56. The Morgan fingerprint density at radius 2 is 2.05 bits per heavy atom. The third-order valence-corrected chi connectivity index (χ3v) is 5.91. The lowest BCUT2D eigenvalue weighted by molar-refractivity contribution is -0.122. The average molecular weight is 307 g/mol. The zero-order valence-corrected chi connectivity index (χ0v) is 13.8. The van der Waals surface area contributed by atoms with E-state index in [1.807, 2.05) is 6.92 Å². The number of thiazole rings is 1. The van der Waals surface area contributed by atoms with E-state index >= 15 is 0 Å². The first-order valence-corrected chi connectivity index (χ1v) is 8.87. The molecule has 0 spiro atoms. The molecular weight excluding hydrogens is 282 g/mol. The first kappa shape index (κ1) is 15.0. The maximum absolute atomic E-state index is 12.1. The first-order chi connectivity index (χ1) is 10.1. The molecular formula is C16H25N3OS. The summed E-state index contributed by atoms with van der Waals surface area (Å²) in [6.45, 7) is 4.85. The van der Waals surface area contributed by atoms with Crippen molar-refractivity contribution in [3.8, 4) is 0 Å². The van der Waals surface area contributed by atoms with Crippen LogP contribution in [0.4, 0.5) is 0 Å². The molecule has 1 aromatic heterocycles. The Morgan fingerprint density at radius 1 is 1.33 bits per heavy atom. The monoisotopic (exact) mass is 307 g/mol. The van der Waals surface area contributed by atoms with Gasteiger partial charge in [-0.15, -0.1) is 11.3 Å². The van der Waals surface area contributed by atoms with Crippen molar-refractivity contribution in [2.24, 2.45) is 5.92 Å². The van der Waals surface area contributed by atoms with Crippen LogP contribution in [0.3, 0.4) is 0 Å². The maximum atomic E-state index is 12.1. The van der Waals surface area contributed by atoms with Crippen molar-refractivity contribution < 1.29 is 4.79 Å². The van der Waals surface area contributed by atoms with E-state index in [1.165, 1.54) is 30.6 Å². The second kappa shape index (κ2) is 6.44. The van der Waals surface area contributed by atoms with Crippen LogP contribution < -0.4 is 10.6 Å². The van der Waals surface area contributed by atoms with Gasteiger partial charge in [0.25, 0.3) is 0 Å². The molecule has 2 aliphatic heterocycles. The molecule has 0 radical (unpaired) electrons. The molecule has 21 heavy (non-hydrogen) atoms. The molecule has 2 aliphatic rings. The molecule has 0 aromatic carbocycles. The van der Waals surface area contributed by atoms with Gasteiger partial charge < -0.3 is 10.6 Å². The van der Waals surface area contributed by atoms with Gasteiger partial charge in [-0.2, -0.15) is 0 Å². The van der Waals surface area contributed by atoms with Crippen LogP contribution in [-0.4, -0.2) is 29.5 Å². The number of piperidine rings is 1. The first-order valence-electron chi connectivity index (χ1n) is 8.06. The van der Waals surface area contributed by atoms with E-state index in [9.17, 15) is 4.79 Å². The van der Waals surface area contributed by atoms with E-state index in [4.69, 9.17) is 0 Å². The van der Waals surface area contributed by atoms with Gasteiger partial charge >= 0.3 is 0 Å². The summed E-state index contributed by atoms with van der Waals surface area (Å²) < 4.78 is 0. The van der Waals surface area contributed by atoms with Crippen LogP contribution in [0, 0.1) is 19.8 Å². The minimum Gasteiger partial charge on any atom is -0.356 e. The van der Waals surface area contributed by atoms with Gasteiger partial charge in [-0.3, -0.25) is 4.79 Å². The Morgan fingerprint density at radius 3 is 2.67 bits per heavy atom. The molecule has 2 N–H and O–H groups in total. The molecule has 0 aliphatic carbocycles. The standard InChI is InChI=1S/C16H25N3OS/c1-10-11(2)21-16(18-10)5-6-17-15(20)9-12-7-13-3-4-14(8-12)19-13/h12-14,19H,3-9H2,1-2H3,(H,17,20). The lowest BCUT2D eigenvalue weighted by Gasteiger charge is -2.28. The summed E-state index contributed by atoms with van der Waals surface area (Å²) in [5.41, 5.74) is 1.12. The van der Waals surface area contributed by atoms with Crippen LogP contribution in [0.2, 0.25) is 0 Å². The molecule has 2 atom stereocenters. The van der Waals surface area contributed by atoms with Crippen LogP contribution >= 0.6 is 11.3 Å². The number of nitrogens with one attached hydrogen (secondary N) is 2. The summed E-state index contributed by atoms with van der Waals surface area (Å²) in [6, 6.07) is 1.34. The highest BCUT2D eigenvalue weighted by Gasteiger charge is 2.34. The van der Waals surface area contributed by atoms with Crippen molar-refractivity contribution in [1.29, 1.82) is 0 Å². The molecule has 3 rings (SSSR count). The highest BCUT2D eigenvalue weighted by atomic mass is 32.1. The van der Waals surface area contributed by atoms with Crippen molar-refractivity contribution in [1.82, 2.24) is 15.6 Å². The van der Waals surface area contributed by atoms with Gasteiger partial charge in [-0.05, 0) is 45.4 Å². The summed E-state index contributed by atoms with van der Waals surface area (Å²) in [6.07, 6.45) is 6.49. The van der Waals surface area contributed by atoms with Crippen molar-refractivity contribution >= 4 is 17.2 Å². The minimum atomic E-state index is 0.214. The Balaban J connectivity index is 1.38. The molecule has 5 heteroatoms. The number of amides is 1. The van der Waals surface area contributed by atoms with Gasteiger partial charge in [0.05, 0.1) is 10.7 Å². The third-order valence-electron chi connectivity index (χ3n) is 4.78. The number of carbonyl (C=O) groups is 1. The second-order valence-electron chi connectivity index (χ2n) is 6.53. The van der Waals surface area contributed by atoms with Crippen LogP contribution in [0.25, 0.3) is 0 Å².